The Morgan fingerprint density at radius 1 is 1.19 bits per heavy atom. The third-order valence-electron chi connectivity index (χ3n) is 5.40. The number of rotatable bonds is 6. The van der Waals surface area contributed by atoms with Crippen LogP contribution in [0.25, 0.3) is 5.69 Å². The molecular formula is C24H25ClN4O3. The minimum absolute atomic E-state index is 0.0509. The van der Waals surface area contributed by atoms with Crippen molar-refractivity contribution in [2.75, 3.05) is 29.9 Å². The average Bonchev–Trinajstić information content (AvgIpc) is 2.81. The topological polar surface area (TPSA) is 76.5 Å². The first-order valence-electron chi connectivity index (χ1n) is 10.7. The van der Waals surface area contributed by atoms with E-state index in [-0.39, 0.29) is 17.4 Å². The lowest BCUT2D eigenvalue weighted by atomic mass is 9.97. The van der Waals surface area contributed by atoms with Gasteiger partial charge in [0, 0.05) is 24.2 Å². The highest BCUT2D eigenvalue weighted by molar-refractivity contribution is 6.30. The van der Waals surface area contributed by atoms with Gasteiger partial charge in [0.15, 0.2) is 0 Å². The van der Waals surface area contributed by atoms with Crippen molar-refractivity contribution >= 4 is 29.0 Å². The molecule has 1 unspecified atom stereocenters. The highest BCUT2D eigenvalue weighted by Crippen LogP contribution is 2.27. The summed E-state index contributed by atoms with van der Waals surface area (Å²) in [7, 11) is 0. The molecule has 0 aliphatic carbocycles. The smallest absolute Gasteiger partial charge is 0.271 e. The molecule has 1 aliphatic rings. The molecule has 3 aromatic rings. The zero-order valence-electron chi connectivity index (χ0n) is 17.8. The summed E-state index contributed by atoms with van der Waals surface area (Å²) in [4.78, 5) is 27.4. The molecular weight excluding hydrogens is 428 g/mol. The van der Waals surface area contributed by atoms with Crippen LogP contribution >= 0.6 is 11.6 Å². The number of amides is 1. The SMILES string of the molecule is CCOc1ccccc1NC(=O)C1CCCN(c2ccc(=O)n(-c3cccc(Cl)c3)n2)C1. The fourth-order valence-corrected chi connectivity index (χ4v) is 4.03. The number of aromatic nitrogens is 2. The van der Waals surface area contributed by atoms with E-state index < -0.39 is 0 Å². The molecule has 1 saturated heterocycles. The number of para-hydroxylation sites is 2. The largest absolute Gasteiger partial charge is 0.492 e. The number of ether oxygens (including phenoxy) is 1. The van der Waals surface area contributed by atoms with Gasteiger partial charge in [-0.3, -0.25) is 9.59 Å². The number of carbonyl (C=O) groups excluding carboxylic acids is 1. The second-order valence-electron chi connectivity index (χ2n) is 7.63. The molecule has 8 heteroatoms. The first kappa shape index (κ1) is 21.9. The van der Waals surface area contributed by atoms with Gasteiger partial charge >= 0.3 is 0 Å². The Kier molecular flexibility index (Phi) is 6.75. The minimum atomic E-state index is -0.241. The average molecular weight is 453 g/mol. The minimum Gasteiger partial charge on any atom is -0.492 e. The van der Waals surface area contributed by atoms with Crippen LogP contribution in [0.4, 0.5) is 11.5 Å². The van der Waals surface area contributed by atoms with Crippen LogP contribution in [-0.4, -0.2) is 35.4 Å². The van der Waals surface area contributed by atoms with Crippen LogP contribution in [0.5, 0.6) is 5.75 Å². The first-order valence-corrected chi connectivity index (χ1v) is 11.1. The molecule has 1 aliphatic heterocycles. The Bertz CT molecular complexity index is 1160. The van der Waals surface area contributed by atoms with E-state index in [1.54, 1.807) is 30.3 Å². The summed E-state index contributed by atoms with van der Waals surface area (Å²) in [5.74, 6) is 1.06. The monoisotopic (exact) mass is 452 g/mol. The summed E-state index contributed by atoms with van der Waals surface area (Å²) < 4.78 is 6.95. The fourth-order valence-electron chi connectivity index (χ4n) is 3.85. The molecule has 0 saturated carbocycles. The molecule has 4 rings (SSSR count). The van der Waals surface area contributed by atoms with E-state index in [1.165, 1.54) is 10.7 Å². The summed E-state index contributed by atoms with van der Waals surface area (Å²) in [6.07, 6.45) is 1.64. The van der Waals surface area contributed by atoms with Gasteiger partial charge in [-0.05, 0) is 56.2 Å². The molecule has 0 bridgehead atoms. The number of nitrogens with one attached hydrogen (secondary N) is 1. The number of anilines is 2. The number of carbonyl (C=O) groups is 1. The molecule has 0 spiro atoms. The second kappa shape index (κ2) is 9.87. The van der Waals surface area contributed by atoms with Gasteiger partial charge in [-0.1, -0.05) is 29.8 Å². The van der Waals surface area contributed by atoms with Gasteiger partial charge in [0.05, 0.1) is 23.9 Å². The molecule has 1 fully saturated rings. The number of nitrogens with zero attached hydrogens (tertiary/aromatic N) is 3. The molecule has 1 N–H and O–H groups in total. The fraction of sp³-hybridized carbons (Fsp3) is 0.292. The van der Waals surface area contributed by atoms with Crippen molar-refractivity contribution in [3.63, 3.8) is 0 Å². The van der Waals surface area contributed by atoms with E-state index in [9.17, 15) is 9.59 Å². The van der Waals surface area contributed by atoms with E-state index in [1.807, 2.05) is 36.1 Å². The lowest BCUT2D eigenvalue weighted by molar-refractivity contribution is -0.120. The van der Waals surface area contributed by atoms with Gasteiger partial charge in [-0.15, -0.1) is 5.10 Å². The predicted octanol–water partition coefficient (Wildman–Crippen LogP) is 4.14. The van der Waals surface area contributed by atoms with Crippen molar-refractivity contribution in [3.8, 4) is 11.4 Å². The Morgan fingerprint density at radius 3 is 2.84 bits per heavy atom. The van der Waals surface area contributed by atoms with Gasteiger partial charge in [0.25, 0.3) is 5.56 Å². The molecule has 32 heavy (non-hydrogen) atoms. The standard InChI is InChI=1S/C24H25ClN4O3/c1-2-32-21-11-4-3-10-20(21)26-24(31)17-7-6-14-28(16-17)22-12-13-23(30)29(27-22)19-9-5-8-18(25)15-19/h3-5,8-13,15,17H,2,6-7,14,16H2,1H3,(H,26,31). The normalized spacial score (nSPS) is 15.9. The van der Waals surface area contributed by atoms with Crippen molar-refractivity contribution in [3.05, 3.63) is 76.0 Å². The quantitative estimate of drug-likeness (QED) is 0.608. The Morgan fingerprint density at radius 2 is 2.03 bits per heavy atom. The second-order valence-corrected chi connectivity index (χ2v) is 8.06. The molecule has 1 atom stereocenters. The molecule has 2 heterocycles. The number of hydrogen-bond donors (Lipinski definition) is 1. The molecule has 0 radical (unpaired) electrons. The molecule has 7 nitrogen and oxygen atoms in total. The molecule has 166 valence electrons. The summed E-state index contributed by atoms with van der Waals surface area (Å²) in [5, 5.41) is 8.08. The van der Waals surface area contributed by atoms with Crippen molar-refractivity contribution in [2.45, 2.75) is 19.8 Å². The van der Waals surface area contributed by atoms with E-state index in [4.69, 9.17) is 16.3 Å². The van der Waals surface area contributed by atoms with Crippen LogP contribution in [0.15, 0.2) is 65.5 Å². The highest BCUT2D eigenvalue weighted by Gasteiger charge is 2.27. The van der Waals surface area contributed by atoms with E-state index in [0.717, 1.165) is 19.4 Å². The van der Waals surface area contributed by atoms with Gasteiger partial charge in [0.2, 0.25) is 5.91 Å². The Hall–Kier alpha value is -3.32. The number of hydrogen-bond acceptors (Lipinski definition) is 5. The Labute approximate surface area is 191 Å². The van der Waals surface area contributed by atoms with Crippen molar-refractivity contribution in [1.29, 1.82) is 0 Å². The zero-order chi connectivity index (χ0) is 22.5. The van der Waals surface area contributed by atoms with Crippen LogP contribution in [0.1, 0.15) is 19.8 Å². The van der Waals surface area contributed by atoms with Crippen LogP contribution < -0.4 is 20.5 Å². The van der Waals surface area contributed by atoms with E-state index in [0.29, 0.717) is 41.1 Å². The maximum absolute atomic E-state index is 13.0. The first-order chi connectivity index (χ1) is 15.5. The van der Waals surface area contributed by atoms with Gasteiger partial charge in [0.1, 0.15) is 11.6 Å². The maximum atomic E-state index is 13.0. The number of benzene rings is 2. The van der Waals surface area contributed by atoms with Gasteiger partial charge < -0.3 is 15.0 Å². The van der Waals surface area contributed by atoms with Crippen molar-refractivity contribution in [1.82, 2.24) is 9.78 Å². The van der Waals surface area contributed by atoms with Gasteiger partial charge in [-0.25, -0.2) is 0 Å². The van der Waals surface area contributed by atoms with E-state index >= 15 is 0 Å². The van der Waals surface area contributed by atoms with Crippen LogP contribution in [0.2, 0.25) is 5.02 Å². The summed E-state index contributed by atoms with van der Waals surface area (Å²) in [6, 6.07) is 17.6. The lowest BCUT2D eigenvalue weighted by Gasteiger charge is -2.33. The number of halogens is 1. The zero-order valence-corrected chi connectivity index (χ0v) is 18.6. The summed E-state index contributed by atoms with van der Waals surface area (Å²) in [6.45, 7) is 3.72. The molecule has 1 amide bonds. The highest BCUT2D eigenvalue weighted by atomic mass is 35.5. The van der Waals surface area contributed by atoms with Crippen LogP contribution in [0.3, 0.4) is 0 Å². The molecule has 2 aromatic carbocycles. The third kappa shape index (κ3) is 4.94. The lowest BCUT2D eigenvalue weighted by Crippen LogP contribution is -2.41. The Balaban J connectivity index is 1.51. The van der Waals surface area contributed by atoms with Crippen LogP contribution in [0, 0.1) is 5.92 Å². The maximum Gasteiger partial charge on any atom is 0.271 e. The third-order valence-corrected chi connectivity index (χ3v) is 5.64. The predicted molar refractivity (Wildman–Crippen MR) is 126 cm³/mol. The van der Waals surface area contributed by atoms with Gasteiger partial charge in [-0.2, -0.15) is 4.68 Å². The van der Waals surface area contributed by atoms with E-state index in [2.05, 4.69) is 10.4 Å². The van der Waals surface area contributed by atoms with Crippen LogP contribution in [-0.2, 0) is 4.79 Å². The number of piperidine rings is 1. The summed E-state index contributed by atoms with van der Waals surface area (Å²) in [5.41, 5.74) is 1.03. The van der Waals surface area contributed by atoms with Crippen molar-refractivity contribution < 1.29 is 9.53 Å². The molecule has 1 aromatic heterocycles. The van der Waals surface area contributed by atoms with Crippen molar-refractivity contribution in [2.24, 2.45) is 5.92 Å². The summed E-state index contributed by atoms with van der Waals surface area (Å²) >= 11 is 6.08.